The predicted molar refractivity (Wildman–Crippen MR) is 72.9 cm³/mol. The number of aliphatic hydroxyl groups is 1. The van der Waals surface area contributed by atoms with E-state index in [2.05, 4.69) is 5.32 Å². The molecule has 19 heavy (non-hydrogen) atoms. The van der Waals surface area contributed by atoms with Crippen LogP contribution in [0.2, 0.25) is 5.02 Å². The summed E-state index contributed by atoms with van der Waals surface area (Å²) in [7, 11) is 0. The molecule has 0 spiro atoms. The first kappa shape index (κ1) is 16.6. The molecule has 1 heterocycles. The zero-order valence-corrected chi connectivity index (χ0v) is 11.8. The monoisotopic (exact) mass is 312 g/mol. The normalized spacial score (nSPS) is 17.9. The van der Waals surface area contributed by atoms with Crippen molar-refractivity contribution in [2.24, 2.45) is 0 Å². The molecule has 0 aromatic heterocycles. The number of hydrogen-bond donors (Lipinski definition) is 2. The number of benzene rings is 1. The van der Waals surface area contributed by atoms with E-state index in [-0.39, 0.29) is 29.6 Å². The van der Waals surface area contributed by atoms with Crippen molar-refractivity contribution < 1.29 is 13.9 Å². The quantitative estimate of drug-likeness (QED) is 0.896. The van der Waals surface area contributed by atoms with Gasteiger partial charge >= 0.3 is 0 Å². The molecule has 2 N–H and O–H groups in total. The molecule has 0 unspecified atom stereocenters. The van der Waals surface area contributed by atoms with E-state index in [0.29, 0.717) is 13.1 Å². The lowest BCUT2D eigenvalue weighted by atomic mass is 10.0. The second-order valence-electron chi connectivity index (χ2n) is 4.27. The Bertz CT molecular complexity index is 405. The molecule has 1 saturated heterocycles. The van der Waals surface area contributed by atoms with Crippen molar-refractivity contribution in [3.05, 3.63) is 34.4 Å². The van der Waals surface area contributed by atoms with Crippen LogP contribution in [0.1, 0.15) is 11.6 Å². The van der Waals surface area contributed by atoms with Gasteiger partial charge in [0, 0.05) is 36.8 Å². The Morgan fingerprint density at radius 1 is 1.26 bits per heavy atom. The third kappa shape index (κ3) is 3.77. The summed E-state index contributed by atoms with van der Waals surface area (Å²) in [5.74, 6) is -1.42. The molecule has 1 aliphatic heterocycles. The number of hydrogen-bond acceptors (Lipinski definition) is 3. The summed E-state index contributed by atoms with van der Waals surface area (Å²) in [6.45, 7) is 2.45. The first-order valence-electron chi connectivity index (χ1n) is 5.83. The lowest BCUT2D eigenvalue weighted by molar-refractivity contribution is 0.105. The van der Waals surface area contributed by atoms with Crippen LogP contribution in [0, 0.1) is 11.6 Å². The van der Waals surface area contributed by atoms with E-state index in [9.17, 15) is 13.9 Å². The minimum absolute atomic E-state index is 0. The Hall–Kier alpha value is -0.460. The standard InChI is InChI=1S/C12H15ClF2N2O.ClH/c13-8-5-9(14)12(10(15)6-8)11(7-18)17-3-1-16-2-4-17;/h5-6,11,16,18H,1-4,7H2;1H/t11-;/m0./s1. The van der Waals surface area contributed by atoms with E-state index >= 15 is 0 Å². The topological polar surface area (TPSA) is 35.5 Å². The van der Waals surface area contributed by atoms with Gasteiger partial charge in [0.15, 0.2) is 0 Å². The molecule has 0 bridgehead atoms. The molecule has 3 nitrogen and oxygen atoms in total. The average molecular weight is 313 g/mol. The third-order valence-electron chi connectivity index (χ3n) is 3.14. The summed E-state index contributed by atoms with van der Waals surface area (Å²) in [6.07, 6.45) is 0. The van der Waals surface area contributed by atoms with Gasteiger partial charge in [-0.05, 0) is 12.1 Å². The van der Waals surface area contributed by atoms with Crippen LogP contribution in [0.5, 0.6) is 0 Å². The molecule has 1 aliphatic rings. The molecule has 1 aromatic rings. The predicted octanol–water partition coefficient (Wildman–Crippen LogP) is 1.98. The summed E-state index contributed by atoms with van der Waals surface area (Å²) in [5, 5.41) is 12.6. The Morgan fingerprint density at radius 3 is 2.26 bits per heavy atom. The van der Waals surface area contributed by atoms with Crippen LogP contribution >= 0.6 is 24.0 Å². The second-order valence-corrected chi connectivity index (χ2v) is 4.70. The Balaban J connectivity index is 0.00000180. The van der Waals surface area contributed by atoms with Gasteiger partial charge in [-0.15, -0.1) is 12.4 Å². The zero-order valence-electron chi connectivity index (χ0n) is 10.2. The van der Waals surface area contributed by atoms with E-state index in [1.165, 1.54) is 0 Å². The first-order chi connectivity index (χ1) is 8.63. The maximum atomic E-state index is 13.8. The van der Waals surface area contributed by atoms with Gasteiger partial charge in [0.1, 0.15) is 11.6 Å². The molecule has 7 heteroatoms. The van der Waals surface area contributed by atoms with Gasteiger partial charge < -0.3 is 10.4 Å². The molecule has 1 aromatic carbocycles. The van der Waals surface area contributed by atoms with E-state index in [1.54, 1.807) is 0 Å². The van der Waals surface area contributed by atoms with Gasteiger partial charge in [-0.1, -0.05) is 11.6 Å². The minimum atomic E-state index is -0.711. The van der Waals surface area contributed by atoms with Gasteiger partial charge in [-0.2, -0.15) is 0 Å². The van der Waals surface area contributed by atoms with Crippen molar-refractivity contribution in [1.82, 2.24) is 10.2 Å². The third-order valence-corrected chi connectivity index (χ3v) is 3.36. The van der Waals surface area contributed by atoms with E-state index in [1.807, 2.05) is 4.90 Å². The number of halogens is 4. The number of piperazine rings is 1. The Kier molecular flexibility index (Phi) is 6.42. The zero-order chi connectivity index (χ0) is 13.1. The fourth-order valence-electron chi connectivity index (χ4n) is 2.25. The lowest BCUT2D eigenvalue weighted by Crippen LogP contribution is -2.46. The van der Waals surface area contributed by atoms with Gasteiger partial charge in [0.25, 0.3) is 0 Å². The van der Waals surface area contributed by atoms with Crippen molar-refractivity contribution in [2.75, 3.05) is 32.8 Å². The largest absolute Gasteiger partial charge is 0.394 e. The summed E-state index contributed by atoms with van der Waals surface area (Å²) in [5.41, 5.74) is -0.108. The number of nitrogens with zero attached hydrogens (tertiary/aromatic N) is 1. The molecule has 0 radical (unpaired) electrons. The highest BCUT2D eigenvalue weighted by molar-refractivity contribution is 6.30. The first-order valence-corrected chi connectivity index (χ1v) is 6.21. The lowest BCUT2D eigenvalue weighted by Gasteiger charge is -2.34. The Morgan fingerprint density at radius 2 is 1.79 bits per heavy atom. The van der Waals surface area contributed by atoms with Crippen LogP contribution in [-0.2, 0) is 0 Å². The van der Waals surface area contributed by atoms with Gasteiger partial charge in [0.2, 0.25) is 0 Å². The molecule has 0 aliphatic carbocycles. The number of aliphatic hydroxyl groups excluding tert-OH is 1. The molecule has 1 atom stereocenters. The van der Waals surface area contributed by atoms with Crippen LogP contribution in [0.4, 0.5) is 8.78 Å². The maximum absolute atomic E-state index is 13.8. The summed E-state index contributed by atoms with van der Waals surface area (Å²) < 4.78 is 27.7. The van der Waals surface area contributed by atoms with Crippen molar-refractivity contribution in [1.29, 1.82) is 0 Å². The summed E-state index contributed by atoms with van der Waals surface area (Å²) >= 11 is 5.59. The van der Waals surface area contributed by atoms with Crippen LogP contribution in [-0.4, -0.2) is 42.8 Å². The summed E-state index contributed by atoms with van der Waals surface area (Å²) in [4.78, 5) is 1.87. The van der Waals surface area contributed by atoms with Crippen molar-refractivity contribution in [2.45, 2.75) is 6.04 Å². The summed E-state index contributed by atoms with van der Waals surface area (Å²) in [6, 6.07) is 1.49. The smallest absolute Gasteiger partial charge is 0.132 e. The Labute approximate surface area is 122 Å². The van der Waals surface area contributed by atoms with E-state index in [0.717, 1.165) is 25.2 Å². The average Bonchev–Trinajstić information content (AvgIpc) is 2.34. The highest BCUT2D eigenvalue weighted by Gasteiger charge is 2.27. The molecule has 1 fully saturated rings. The highest BCUT2D eigenvalue weighted by atomic mass is 35.5. The molecule has 0 saturated carbocycles. The van der Waals surface area contributed by atoms with Gasteiger partial charge in [0.05, 0.1) is 12.6 Å². The van der Waals surface area contributed by atoms with Crippen LogP contribution in [0.15, 0.2) is 12.1 Å². The molecular formula is C12H16Cl2F2N2O. The molecule has 2 rings (SSSR count). The number of rotatable bonds is 3. The van der Waals surface area contributed by atoms with Crippen LogP contribution in [0.25, 0.3) is 0 Å². The molecule has 0 amide bonds. The second kappa shape index (κ2) is 7.36. The SMILES string of the molecule is Cl.OC[C@@H](c1c(F)cc(Cl)cc1F)N1CCNCC1. The number of nitrogens with one attached hydrogen (secondary N) is 1. The maximum Gasteiger partial charge on any atom is 0.132 e. The fraction of sp³-hybridized carbons (Fsp3) is 0.500. The van der Waals surface area contributed by atoms with Gasteiger partial charge in [-0.3, -0.25) is 4.90 Å². The van der Waals surface area contributed by atoms with Crippen LogP contribution in [0.3, 0.4) is 0 Å². The van der Waals surface area contributed by atoms with Gasteiger partial charge in [-0.25, -0.2) is 8.78 Å². The molecule has 108 valence electrons. The van der Waals surface area contributed by atoms with E-state index in [4.69, 9.17) is 11.6 Å². The van der Waals surface area contributed by atoms with Crippen molar-refractivity contribution in [3.8, 4) is 0 Å². The van der Waals surface area contributed by atoms with Crippen molar-refractivity contribution in [3.63, 3.8) is 0 Å². The fourth-order valence-corrected chi connectivity index (χ4v) is 2.45. The minimum Gasteiger partial charge on any atom is -0.394 e. The highest BCUT2D eigenvalue weighted by Crippen LogP contribution is 2.28. The molecular weight excluding hydrogens is 297 g/mol. The van der Waals surface area contributed by atoms with E-state index < -0.39 is 17.7 Å². The van der Waals surface area contributed by atoms with Crippen LogP contribution < -0.4 is 5.32 Å². The van der Waals surface area contributed by atoms with Crippen molar-refractivity contribution >= 4 is 24.0 Å².